The van der Waals surface area contributed by atoms with Gasteiger partial charge in [0.25, 0.3) is 0 Å². The largest absolute Gasteiger partial charge is 0.490 e. The maximum absolute atomic E-state index is 12.0. The minimum Gasteiger partial charge on any atom is -0.490 e. The van der Waals surface area contributed by atoms with Gasteiger partial charge in [-0.05, 0) is 32.9 Å². The number of ether oxygens (including phenoxy) is 2. The first kappa shape index (κ1) is 12.7. The highest BCUT2D eigenvalue weighted by Crippen LogP contribution is 2.21. The zero-order valence-electron chi connectivity index (χ0n) is 10.2. The van der Waals surface area contributed by atoms with E-state index in [1.54, 1.807) is 19.1 Å². The first-order valence-corrected chi connectivity index (χ1v) is 5.39. The van der Waals surface area contributed by atoms with E-state index < -0.39 is 6.10 Å². The van der Waals surface area contributed by atoms with Crippen LogP contribution in [0.25, 0.3) is 0 Å². The van der Waals surface area contributed by atoms with Crippen LogP contribution < -0.4 is 4.74 Å². The van der Waals surface area contributed by atoms with E-state index in [1.807, 2.05) is 26.0 Å². The number of rotatable bonds is 5. The minimum atomic E-state index is -0.447. The molecule has 0 aliphatic heterocycles. The molecule has 0 spiro atoms. The molecule has 3 heteroatoms. The third-order valence-electron chi connectivity index (χ3n) is 2.24. The SMILES string of the molecule is COC(C)C(=O)c1ccccc1OC(C)C. The van der Waals surface area contributed by atoms with Crippen LogP contribution in [0.3, 0.4) is 0 Å². The van der Waals surface area contributed by atoms with Crippen LogP contribution in [0.1, 0.15) is 31.1 Å². The Balaban J connectivity index is 2.98. The molecule has 1 atom stereocenters. The van der Waals surface area contributed by atoms with Crippen molar-refractivity contribution in [3.8, 4) is 5.75 Å². The van der Waals surface area contributed by atoms with Crippen LogP contribution in [0.2, 0.25) is 0 Å². The molecule has 1 aromatic rings. The molecule has 0 saturated carbocycles. The van der Waals surface area contributed by atoms with Crippen LogP contribution >= 0.6 is 0 Å². The fourth-order valence-corrected chi connectivity index (χ4v) is 1.35. The van der Waals surface area contributed by atoms with E-state index in [4.69, 9.17) is 9.47 Å². The van der Waals surface area contributed by atoms with Crippen molar-refractivity contribution in [1.82, 2.24) is 0 Å². The van der Waals surface area contributed by atoms with Crippen molar-refractivity contribution < 1.29 is 14.3 Å². The standard InChI is InChI=1S/C13H18O3/c1-9(2)16-12-8-6-5-7-11(12)13(14)10(3)15-4/h5-10H,1-4H3. The quantitative estimate of drug-likeness (QED) is 0.718. The third kappa shape index (κ3) is 3.07. The highest BCUT2D eigenvalue weighted by Gasteiger charge is 2.18. The van der Waals surface area contributed by atoms with Gasteiger partial charge in [-0.15, -0.1) is 0 Å². The Morgan fingerprint density at radius 1 is 1.19 bits per heavy atom. The molecule has 0 aliphatic rings. The van der Waals surface area contributed by atoms with E-state index in [9.17, 15) is 4.79 Å². The molecule has 1 unspecified atom stereocenters. The molecule has 0 aromatic heterocycles. The first-order valence-electron chi connectivity index (χ1n) is 5.39. The molecular weight excluding hydrogens is 204 g/mol. The van der Waals surface area contributed by atoms with Crippen LogP contribution in [0.5, 0.6) is 5.75 Å². The van der Waals surface area contributed by atoms with E-state index in [0.29, 0.717) is 11.3 Å². The highest BCUT2D eigenvalue weighted by molar-refractivity contribution is 6.01. The lowest BCUT2D eigenvalue weighted by atomic mass is 10.1. The molecule has 0 heterocycles. The molecule has 0 bridgehead atoms. The number of Topliss-reactive ketones (excluding diaryl/α,β-unsaturated/α-hetero) is 1. The molecule has 0 N–H and O–H groups in total. The molecule has 88 valence electrons. The molecule has 3 nitrogen and oxygen atoms in total. The summed E-state index contributed by atoms with van der Waals surface area (Å²) < 4.78 is 10.6. The van der Waals surface area contributed by atoms with Crippen LogP contribution in [0.15, 0.2) is 24.3 Å². The molecule has 0 amide bonds. The summed E-state index contributed by atoms with van der Waals surface area (Å²) >= 11 is 0. The predicted molar refractivity (Wildman–Crippen MR) is 63.0 cm³/mol. The van der Waals surface area contributed by atoms with E-state index in [1.165, 1.54) is 7.11 Å². The van der Waals surface area contributed by atoms with Crippen molar-refractivity contribution in [3.05, 3.63) is 29.8 Å². The average molecular weight is 222 g/mol. The topological polar surface area (TPSA) is 35.5 Å². The molecular formula is C13H18O3. The average Bonchev–Trinajstić information content (AvgIpc) is 2.27. The Labute approximate surface area is 96.4 Å². The lowest BCUT2D eigenvalue weighted by molar-refractivity contribution is 0.0650. The van der Waals surface area contributed by atoms with Gasteiger partial charge >= 0.3 is 0 Å². The van der Waals surface area contributed by atoms with Crippen LogP contribution in [0.4, 0.5) is 0 Å². The van der Waals surface area contributed by atoms with Crippen LogP contribution in [0, 0.1) is 0 Å². The van der Waals surface area contributed by atoms with Gasteiger partial charge in [-0.2, -0.15) is 0 Å². The number of carbonyl (C=O) groups is 1. The van der Waals surface area contributed by atoms with E-state index >= 15 is 0 Å². The number of ketones is 1. The van der Waals surface area contributed by atoms with Gasteiger partial charge in [0.1, 0.15) is 11.9 Å². The Kier molecular flexibility index (Phi) is 4.50. The predicted octanol–water partition coefficient (Wildman–Crippen LogP) is 2.69. The van der Waals surface area contributed by atoms with E-state index in [2.05, 4.69) is 0 Å². The Hall–Kier alpha value is -1.35. The van der Waals surface area contributed by atoms with Crippen molar-refractivity contribution in [2.24, 2.45) is 0 Å². The number of methoxy groups -OCH3 is 1. The summed E-state index contributed by atoms with van der Waals surface area (Å²) in [6.45, 7) is 5.59. The fraction of sp³-hybridized carbons (Fsp3) is 0.462. The van der Waals surface area contributed by atoms with Crippen LogP contribution in [-0.4, -0.2) is 25.1 Å². The second kappa shape index (κ2) is 5.66. The van der Waals surface area contributed by atoms with Gasteiger partial charge in [0.05, 0.1) is 11.7 Å². The zero-order valence-corrected chi connectivity index (χ0v) is 10.2. The summed E-state index contributed by atoms with van der Waals surface area (Å²) in [6, 6.07) is 7.24. The molecule has 0 aliphatic carbocycles. The maximum Gasteiger partial charge on any atom is 0.194 e. The van der Waals surface area contributed by atoms with Crippen molar-refractivity contribution in [3.63, 3.8) is 0 Å². The Morgan fingerprint density at radius 3 is 2.38 bits per heavy atom. The van der Waals surface area contributed by atoms with Gasteiger partial charge in [-0.3, -0.25) is 4.79 Å². The molecule has 0 saturated heterocycles. The Morgan fingerprint density at radius 2 is 1.81 bits per heavy atom. The summed E-state index contributed by atoms with van der Waals surface area (Å²) in [4.78, 5) is 12.0. The smallest absolute Gasteiger partial charge is 0.194 e. The van der Waals surface area contributed by atoms with Gasteiger partial charge in [0.2, 0.25) is 0 Å². The highest BCUT2D eigenvalue weighted by atomic mass is 16.5. The van der Waals surface area contributed by atoms with Crippen molar-refractivity contribution in [1.29, 1.82) is 0 Å². The molecule has 0 radical (unpaired) electrons. The zero-order chi connectivity index (χ0) is 12.1. The molecule has 1 rings (SSSR count). The molecule has 1 aromatic carbocycles. The van der Waals surface area contributed by atoms with Crippen LogP contribution in [-0.2, 0) is 4.74 Å². The van der Waals surface area contributed by atoms with Crippen molar-refractivity contribution in [2.45, 2.75) is 33.0 Å². The second-order valence-electron chi connectivity index (χ2n) is 3.90. The van der Waals surface area contributed by atoms with Gasteiger partial charge in [-0.1, -0.05) is 12.1 Å². The second-order valence-corrected chi connectivity index (χ2v) is 3.90. The first-order chi connectivity index (χ1) is 7.56. The fourth-order valence-electron chi connectivity index (χ4n) is 1.35. The van der Waals surface area contributed by atoms with Gasteiger partial charge < -0.3 is 9.47 Å². The number of benzene rings is 1. The van der Waals surface area contributed by atoms with Gasteiger partial charge in [-0.25, -0.2) is 0 Å². The summed E-state index contributed by atoms with van der Waals surface area (Å²) in [5.41, 5.74) is 0.575. The lowest BCUT2D eigenvalue weighted by Crippen LogP contribution is -2.20. The molecule has 16 heavy (non-hydrogen) atoms. The molecule has 0 fully saturated rings. The number of hydrogen-bond acceptors (Lipinski definition) is 3. The lowest BCUT2D eigenvalue weighted by Gasteiger charge is -2.15. The number of carbonyl (C=O) groups excluding carboxylic acids is 1. The van der Waals surface area contributed by atoms with Crippen molar-refractivity contribution >= 4 is 5.78 Å². The Bertz CT molecular complexity index is 358. The van der Waals surface area contributed by atoms with E-state index in [0.717, 1.165) is 0 Å². The monoisotopic (exact) mass is 222 g/mol. The number of hydrogen-bond donors (Lipinski definition) is 0. The van der Waals surface area contributed by atoms with Crippen molar-refractivity contribution in [2.75, 3.05) is 7.11 Å². The normalized spacial score (nSPS) is 12.6. The summed E-state index contributed by atoms with van der Waals surface area (Å²) in [5, 5.41) is 0. The third-order valence-corrected chi connectivity index (χ3v) is 2.24. The van der Waals surface area contributed by atoms with E-state index in [-0.39, 0.29) is 11.9 Å². The summed E-state index contributed by atoms with van der Waals surface area (Å²) in [5.74, 6) is 0.560. The minimum absolute atomic E-state index is 0.0480. The maximum atomic E-state index is 12.0. The van der Waals surface area contributed by atoms with Gasteiger partial charge in [0.15, 0.2) is 5.78 Å². The summed E-state index contributed by atoms with van der Waals surface area (Å²) in [7, 11) is 1.52. The number of para-hydroxylation sites is 1. The van der Waals surface area contributed by atoms with Gasteiger partial charge in [0, 0.05) is 7.11 Å². The summed E-state index contributed by atoms with van der Waals surface area (Å²) in [6.07, 6.45) is -0.399.